The van der Waals surface area contributed by atoms with E-state index in [1.54, 1.807) is 36.5 Å². The van der Waals surface area contributed by atoms with Crippen LogP contribution in [-0.4, -0.2) is 41.4 Å². The van der Waals surface area contributed by atoms with Gasteiger partial charge >= 0.3 is 6.03 Å². The number of urea groups is 1. The third-order valence-corrected chi connectivity index (χ3v) is 6.62. The minimum atomic E-state index is -1.58. The molecule has 2 aliphatic rings. The van der Waals surface area contributed by atoms with E-state index in [0.29, 0.717) is 22.7 Å². The molecule has 0 bridgehead atoms. The second-order valence-electron chi connectivity index (χ2n) is 8.83. The molecule has 6 rings (SSSR count). The molecule has 10 nitrogen and oxygen atoms in total. The first-order valence-corrected chi connectivity index (χ1v) is 11.2. The highest BCUT2D eigenvalue weighted by atomic mass is 16.5. The van der Waals surface area contributed by atoms with Crippen LogP contribution in [0.15, 0.2) is 65.2 Å². The number of aromatic nitrogens is 1. The molecule has 180 valence electrons. The van der Waals surface area contributed by atoms with Crippen molar-refractivity contribution in [2.24, 2.45) is 0 Å². The van der Waals surface area contributed by atoms with Crippen LogP contribution in [0.2, 0.25) is 0 Å². The van der Waals surface area contributed by atoms with Gasteiger partial charge in [0.25, 0.3) is 11.8 Å². The maximum absolute atomic E-state index is 13.2. The lowest BCUT2D eigenvalue weighted by Gasteiger charge is -2.29. The van der Waals surface area contributed by atoms with E-state index in [1.807, 2.05) is 24.3 Å². The fraction of sp³-hybridized carbons (Fsp3) is 0.154. The number of nitrogens with two attached hydrogens (primary N) is 1. The SMILES string of the molecule is COc1ccc2c(c1)C(=O)N(CC1(c3cc4cc(-c5ccc(N)nc5)ccc4o3)NC(=O)NC1=O)C2. The van der Waals surface area contributed by atoms with E-state index in [4.69, 9.17) is 14.9 Å². The monoisotopic (exact) mass is 483 g/mol. The van der Waals surface area contributed by atoms with Crippen LogP contribution >= 0.6 is 0 Å². The van der Waals surface area contributed by atoms with Gasteiger partial charge in [-0.05, 0) is 53.6 Å². The van der Waals surface area contributed by atoms with E-state index in [9.17, 15) is 14.4 Å². The number of ether oxygens (including phenoxy) is 1. The molecule has 1 unspecified atom stereocenters. The maximum atomic E-state index is 13.2. The van der Waals surface area contributed by atoms with Crippen molar-refractivity contribution in [2.75, 3.05) is 19.4 Å². The van der Waals surface area contributed by atoms with Gasteiger partial charge in [-0.1, -0.05) is 12.1 Å². The lowest BCUT2D eigenvalue weighted by atomic mass is 9.95. The van der Waals surface area contributed by atoms with Gasteiger partial charge < -0.3 is 25.1 Å². The molecule has 0 spiro atoms. The Morgan fingerprint density at radius 3 is 2.64 bits per heavy atom. The predicted octanol–water partition coefficient (Wildman–Crippen LogP) is 2.78. The van der Waals surface area contributed by atoms with Crippen molar-refractivity contribution in [2.45, 2.75) is 12.1 Å². The minimum Gasteiger partial charge on any atom is -0.497 e. The Labute approximate surface area is 205 Å². The maximum Gasteiger partial charge on any atom is 0.322 e. The summed E-state index contributed by atoms with van der Waals surface area (Å²) in [6.07, 6.45) is 1.68. The number of nitrogens with one attached hydrogen (secondary N) is 2. The molecule has 10 heteroatoms. The summed E-state index contributed by atoms with van der Waals surface area (Å²) in [4.78, 5) is 44.2. The Bertz CT molecular complexity index is 1560. The Hall–Kier alpha value is -4.86. The summed E-state index contributed by atoms with van der Waals surface area (Å²) in [6, 6.07) is 15.5. The number of furan rings is 1. The van der Waals surface area contributed by atoms with Gasteiger partial charge in [0, 0.05) is 29.3 Å². The number of imide groups is 1. The number of carbonyl (C=O) groups is 3. The van der Waals surface area contributed by atoms with Crippen molar-refractivity contribution in [1.29, 1.82) is 0 Å². The number of carbonyl (C=O) groups excluding carboxylic acids is 3. The van der Waals surface area contributed by atoms with Gasteiger partial charge in [-0.3, -0.25) is 14.9 Å². The summed E-state index contributed by atoms with van der Waals surface area (Å²) in [5.74, 6) is 0.375. The fourth-order valence-electron chi connectivity index (χ4n) is 4.74. The molecule has 1 saturated heterocycles. The van der Waals surface area contributed by atoms with E-state index in [0.717, 1.165) is 22.1 Å². The van der Waals surface area contributed by atoms with Gasteiger partial charge in [0.05, 0.1) is 13.7 Å². The second-order valence-corrected chi connectivity index (χ2v) is 8.83. The quantitative estimate of drug-likeness (QED) is 0.371. The zero-order valence-electron chi connectivity index (χ0n) is 19.2. The molecule has 1 fully saturated rings. The summed E-state index contributed by atoms with van der Waals surface area (Å²) in [7, 11) is 1.53. The first-order valence-electron chi connectivity index (χ1n) is 11.2. The number of pyridine rings is 1. The van der Waals surface area contributed by atoms with Gasteiger partial charge in [0.1, 0.15) is 22.9 Å². The molecule has 0 aliphatic carbocycles. The van der Waals surface area contributed by atoms with Gasteiger partial charge in [0.2, 0.25) is 0 Å². The van der Waals surface area contributed by atoms with Crippen molar-refractivity contribution in [3.05, 3.63) is 77.7 Å². The lowest BCUT2D eigenvalue weighted by Crippen LogP contribution is -2.52. The van der Waals surface area contributed by atoms with Crippen LogP contribution in [0.4, 0.5) is 10.6 Å². The topological polar surface area (TPSA) is 140 Å². The summed E-state index contributed by atoms with van der Waals surface area (Å²) >= 11 is 0. The molecular weight excluding hydrogens is 462 g/mol. The smallest absolute Gasteiger partial charge is 0.322 e. The molecular formula is C26H21N5O5. The largest absolute Gasteiger partial charge is 0.497 e. The molecule has 36 heavy (non-hydrogen) atoms. The fourth-order valence-corrected chi connectivity index (χ4v) is 4.74. The summed E-state index contributed by atoms with van der Waals surface area (Å²) in [5.41, 5.74) is 7.71. The van der Waals surface area contributed by atoms with Gasteiger partial charge in [0.15, 0.2) is 5.54 Å². The van der Waals surface area contributed by atoms with Crippen LogP contribution in [0.1, 0.15) is 21.7 Å². The molecule has 2 aliphatic heterocycles. The van der Waals surface area contributed by atoms with Crippen LogP contribution < -0.4 is 21.1 Å². The average molecular weight is 483 g/mol. The predicted molar refractivity (Wildman–Crippen MR) is 130 cm³/mol. The minimum absolute atomic E-state index is 0.102. The third kappa shape index (κ3) is 3.34. The number of fused-ring (bicyclic) bond motifs is 2. The van der Waals surface area contributed by atoms with Crippen LogP contribution in [0, 0.1) is 0 Å². The van der Waals surface area contributed by atoms with E-state index in [-0.39, 0.29) is 24.8 Å². The number of nitrogen functional groups attached to an aromatic ring is 1. The van der Waals surface area contributed by atoms with Gasteiger partial charge in [-0.15, -0.1) is 0 Å². The Kier molecular flexibility index (Phi) is 4.72. The number of anilines is 1. The number of rotatable bonds is 5. The molecule has 2 aromatic heterocycles. The zero-order valence-corrected chi connectivity index (χ0v) is 19.2. The van der Waals surface area contributed by atoms with Gasteiger partial charge in [-0.25, -0.2) is 9.78 Å². The number of amides is 4. The highest BCUT2D eigenvalue weighted by Gasteiger charge is 2.53. The number of nitrogens with zero attached hydrogens (tertiary/aromatic N) is 2. The molecule has 0 saturated carbocycles. The number of methoxy groups -OCH3 is 1. The summed E-state index contributed by atoms with van der Waals surface area (Å²) < 4.78 is 11.3. The first-order chi connectivity index (χ1) is 17.4. The van der Waals surface area contributed by atoms with Crippen molar-refractivity contribution in [1.82, 2.24) is 20.5 Å². The number of hydrogen-bond donors (Lipinski definition) is 3. The summed E-state index contributed by atoms with van der Waals surface area (Å²) in [5, 5.41) is 5.73. The molecule has 4 amide bonds. The van der Waals surface area contributed by atoms with Crippen LogP contribution in [0.5, 0.6) is 5.75 Å². The Morgan fingerprint density at radius 1 is 1.08 bits per heavy atom. The molecule has 0 radical (unpaired) electrons. The zero-order chi connectivity index (χ0) is 25.0. The molecule has 4 N–H and O–H groups in total. The van der Waals surface area contributed by atoms with E-state index < -0.39 is 17.5 Å². The van der Waals surface area contributed by atoms with Crippen molar-refractivity contribution >= 4 is 34.6 Å². The standard InChI is InChI=1S/C26H21N5O5/c1-35-18-5-2-16-12-31(23(32)19(16)10-18)13-26(24(33)29-25(34)30-26)21-9-17-8-14(3-6-20(17)36-21)15-4-7-22(27)28-11-15/h2-11H,12-13H2,1H3,(H2,27,28)(H2,29,30,33,34). The normalized spacial score (nSPS) is 18.9. The lowest BCUT2D eigenvalue weighted by molar-refractivity contribution is -0.125. The first kappa shape index (κ1) is 21.7. The van der Waals surface area contributed by atoms with Gasteiger partial charge in [-0.2, -0.15) is 0 Å². The third-order valence-electron chi connectivity index (χ3n) is 6.62. The van der Waals surface area contributed by atoms with Crippen molar-refractivity contribution in [3.8, 4) is 16.9 Å². The van der Waals surface area contributed by atoms with E-state index in [1.165, 1.54) is 12.0 Å². The Balaban J connectivity index is 1.38. The Morgan fingerprint density at radius 2 is 1.92 bits per heavy atom. The molecule has 4 aromatic rings. The molecule has 1 atom stereocenters. The molecule has 4 heterocycles. The highest BCUT2D eigenvalue weighted by molar-refractivity contribution is 6.08. The van der Waals surface area contributed by atoms with Crippen LogP contribution in [0.25, 0.3) is 22.1 Å². The number of benzene rings is 2. The second kappa shape index (κ2) is 7.84. The van der Waals surface area contributed by atoms with Crippen molar-refractivity contribution < 1.29 is 23.5 Å². The molecule has 2 aromatic carbocycles. The van der Waals surface area contributed by atoms with E-state index in [2.05, 4.69) is 15.6 Å². The number of hydrogen-bond acceptors (Lipinski definition) is 7. The van der Waals surface area contributed by atoms with Crippen molar-refractivity contribution in [3.63, 3.8) is 0 Å². The average Bonchev–Trinajstić information content (AvgIpc) is 3.53. The summed E-state index contributed by atoms with van der Waals surface area (Å²) in [6.45, 7) is 0.187. The van der Waals surface area contributed by atoms with E-state index >= 15 is 0 Å². The van der Waals surface area contributed by atoms with Crippen LogP contribution in [-0.2, 0) is 16.9 Å². The van der Waals surface area contributed by atoms with Crippen LogP contribution in [0.3, 0.4) is 0 Å². The highest BCUT2D eigenvalue weighted by Crippen LogP contribution is 2.36.